The van der Waals surface area contributed by atoms with E-state index in [0.717, 1.165) is 6.07 Å². The van der Waals surface area contributed by atoms with E-state index >= 15 is 0 Å². The standard InChI is InChI=1S/C12H15N3O5S/c1-14(9-4-5-21(19,20)7-9)12(16)10-6-8(15(17)18)2-3-11(10)13/h2-3,6,9H,4-5,7,13H2,1H3. The molecule has 8 nitrogen and oxygen atoms in total. The molecule has 1 aromatic rings. The van der Waals surface area contributed by atoms with Gasteiger partial charge in [0.15, 0.2) is 9.84 Å². The van der Waals surface area contributed by atoms with Crippen molar-refractivity contribution in [3.8, 4) is 0 Å². The first-order valence-corrected chi connectivity index (χ1v) is 8.05. The number of nitrogens with two attached hydrogens (primary N) is 1. The van der Waals surface area contributed by atoms with E-state index in [-0.39, 0.29) is 28.4 Å². The Labute approximate surface area is 121 Å². The molecule has 1 heterocycles. The normalized spacial score (nSPS) is 20.1. The molecule has 0 spiro atoms. The number of rotatable bonds is 3. The minimum atomic E-state index is -3.12. The molecule has 1 aliphatic rings. The molecule has 9 heteroatoms. The predicted molar refractivity (Wildman–Crippen MR) is 76.7 cm³/mol. The zero-order valence-electron chi connectivity index (χ0n) is 11.4. The van der Waals surface area contributed by atoms with Crippen molar-refractivity contribution in [2.75, 3.05) is 24.3 Å². The average molecular weight is 313 g/mol. The molecule has 1 amide bonds. The number of hydrogen-bond donors (Lipinski definition) is 1. The molecule has 1 fully saturated rings. The molecule has 1 aliphatic heterocycles. The van der Waals surface area contributed by atoms with Crippen LogP contribution in [0.25, 0.3) is 0 Å². The van der Waals surface area contributed by atoms with Gasteiger partial charge in [0.05, 0.1) is 22.0 Å². The van der Waals surface area contributed by atoms with E-state index in [2.05, 4.69) is 0 Å². The van der Waals surface area contributed by atoms with Gasteiger partial charge < -0.3 is 10.6 Å². The molecule has 1 atom stereocenters. The van der Waals surface area contributed by atoms with Crippen LogP contribution in [0.1, 0.15) is 16.8 Å². The van der Waals surface area contributed by atoms with Crippen LogP contribution in [-0.2, 0) is 9.84 Å². The second kappa shape index (κ2) is 5.32. The van der Waals surface area contributed by atoms with Crippen molar-refractivity contribution in [1.82, 2.24) is 4.90 Å². The number of nitro benzene ring substituents is 1. The van der Waals surface area contributed by atoms with Crippen molar-refractivity contribution in [2.45, 2.75) is 12.5 Å². The van der Waals surface area contributed by atoms with E-state index in [9.17, 15) is 23.3 Å². The zero-order valence-corrected chi connectivity index (χ0v) is 12.2. The third-order valence-corrected chi connectivity index (χ3v) is 5.30. The van der Waals surface area contributed by atoms with Gasteiger partial charge in [-0.1, -0.05) is 0 Å². The number of benzene rings is 1. The Morgan fingerprint density at radius 2 is 2.14 bits per heavy atom. The summed E-state index contributed by atoms with van der Waals surface area (Å²) in [5.74, 6) is -0.567. The van der Waals surface area contributed by atoms with Gasteiger partial charge >= 0.3 is 0 Å². The summed E-state index contributed by atoms with van der Waals surface area (Å²) in [4.78, 5) is 23.8. The van der Waals surface area contributed by atoms with Crippen LogP contribution in [-0.4, -0.2) is 48.7 Å². The summed E-state index contributed by atoms with van der Waals surface area (Å²) in [6, 6.07) is 3.19. The van der Waals surface area contributed by atoms with Gasteiger partial charge in [0, 0.05) is 30.9 Å². The summed E-state index contributed by atoms with van der Waals surface area (Å²) in [5.41, 5.74) is 5.59. The van der Waals surface area contributed by atoms with Gasteiger partial charge in [-0.15, -0.1) is 0 Å². The van der Waals surface area contributed by atoms with Gasteiger partial charge in [-0.25, -0.2) is 8.42 Å². The number of hydrogen-bond acceptors (Lipinski definition) is 6. The van der Waals surface area contributed by atoms with Crippen molar-refractivity contribution in [3.05, 3.63) is 33.9 Å². The summed E-state index contributed by atoms with van der Waals surface area (Å²) in [6.45, 7) is 0. The van der Waals surface area contributed by atoms with E-state index in [1.54, 1.807) is 0 Å². The lowest BCUT2D eigenvalue weighted by Crippen LogP contribution is -2.38. The number of anilines is 1. The summed E-state index contributed by atoms with van der Waals surface area (Å²) in [5, 5.41) is 10.8. The third kappa shape index (κ3) is 3.13. The minimum Gasteiger partial charge on any atom is -0.398 e. The van der Waals surface area contributed by atoms with Crippen LogP contribution in [0.3, 0.4) is 0 Å². The van der Waals surface area contributed by atoms with Crippen LogP contribution in [0.2, 0.25) is 0 Å². The molecule has 0 aliphatic carbocycles. The van der Waals surface area contributed by atoms with Gasteiger partial charge in [-0.05, 0) is 12.5 Å². The molecule has 0 bridgehead atoms. The van der Waals surface area contributed by atoms with E-state index in [1.807, 2.05) is 0 Å². The maximum atomic E-state index is 12.4. The molecule has 1 aromatic carbocycles. The first-order valence-electron chi connectivity index (χ1n) is 6.23. The Kier molecular flexibility index (Phi) is 3.86. The molecular weight excluding hydrogens is 298 g/mol. The zero-order chi connectivity index (χ0) is 15.8. The smallest absolute Gasteiger partial charge is 0.270 e. The quantitative estimate of drug-likeness (QED) is 0.490. The molecule has 21 heavy (non-hydrogen) atoms. The number of sulfone groups is 1. The van der Waals surface area contributed by atoms with Crippen molar-refractivity contribution >= 4 is 27.1 Å². The number of amides is 1. The van der Waals surface area contributed by atoms with Gasteiger partial charge in [0.1, 0.15) is 0 Å². The fraction of sp³-hybridized carbons (Fsp3) is 0.417. The van der Waals surface area contributed by atoms with Gasteiger partial charge in [-0.3, -0.25) is 14.9 Å². The van der Waals surface area contributed by atoms with Crippen molar-refractivity contribution < 1.29 is 18.1 Å². The maximum absolute atomic E-state index is 12.4. The number of nitrogens with zero attached hydrogens (tertiary/aromatic N) is 2. The Bertz CT molecular complexity index is 701. The summed E-state index contributed by atoms with van der Waals surface area (Å²) < 4.78 is 22.9. The Morgan fingerprint density at radius 1 is 1.48 bits per heavy atom. The van der Waals surface area contributed by atoms with Crippen LogP contribution in [0.15, 0.2) is 18.2 Å². The van der Waals surface area contributed by atoms with Crippen LogP contribution in [0, 0.1) is 10.1 Å². The monoisotopic (exact) mass is 313 g/mol. The second-order valence-electron chi connectivity index (χ2n) is 5.00. The minimum absolute atomic E-state index is 0.0102. The van der Waals surface area contributed by atoms with Crippen LogP contribution in [0.4, 0.5) is 11.4 Å². The van der Waals surface area contributed by atoms with Gasteiger partial charge in [0.2, 0.25) is 0 Å². The lowest BCUT2D eigenvalue weighted by atomic mass is 10.1. The molecule has 114 valence electrons. The number of carbonyl (C=O) groups excluding carboxylic acids is 1. The highest BCUT2D eigenvalue weighted by Crippen LogP contribution is 2.24. The molecule has 1 saturated heterocycles. The third-order valence-electron chi connectivity index (χ3n) is 3.55. The summed E-state index contributed by atoms with van der Waals surface area (Å²) in [6.07, 6.45) is 0.361. The maximum Gasteiger partial charge on any atom is 0.270 e. The Hall–Kier alpha value is -2.16. The molecule has 1 unspecified atom stereocenters. The molecule has 2 rings (SSSR count). The highest BCUT2D eigenvalue weighted by molar-refractivity contribution is 7.91. The first-order chi connectivity index (χ1) is 9.71. The predicted octanol–water partition coefficient (Wildman–Crippen LogP) is 0.436. The SMILES string of the molecule is CN(C(=O)c1cc([N+](=O)[O-])ccc1N)C1CCS(=O)(=O)C1. The van der Waals surface area contributed by atoms with E-state index in [1.165, 1.54) is 24.1 Å². The number of carbonyl (C=O) groups is 1. The van der Waals surface area contributed by atoms with Crippen molar-refractivity contribution in [1.29, 1.82) is 0 Å². The lowest BCUT2D eigenvalue weighted by Gasteiger charge is -2.23. The van der Waals surface area contributed by atoms with Crippen LogP contribution < -0.4 is 5.73 Å². The highest BCUT2D eigenvalue weighted by Gasteiger charge is 2.33. The summed E-state index contributed by atoms with van der Waals surface area (Å²) in [7, 11) is -1.64. The molecule has 0 aromatic heterocycles. The van der Waals surface area contributed by atoms with Crippen LogP contribution in [0.5, 0.6) is 0 Å². The van der Waals surface area contributed by atoms with Crippen molar-refractivity contribution in [2.24, 2.45) is 0 Å². The van der Waals surface area contributed by atoms with Gasteiger partial charge in [0.25, 0.3) is 11.6 Å². The molecule has 0 radical (unpaired) electrons. The number of non-ortho nitro benzene ring substituents is 1. The first kappa shape index (κ1) is 15.2. The molecular formula is C12H15N3O5S. The largest absolute Gasteiger partial charge is 0.398 e. The molecule has 2 N–H and O–H groups in total. The number of nitro groups is 1. The average Bonchev–Trinajstić information content (AvgIpc) is 2.77. The van der Waals surface area contributed by atoms with Crippen LogP contribution >= 0.6 is 0 Å². The van der Waals surface area contributed by atoms with Gasteiger partial charge in [-0.2, -0.15) is 0 Å². The van der Waals surface area contributed by atoms with Crippen molar-refractivity contribution in [3.63, 3.8) is 0 Å². The highest BCUT2D eigenvalue weighted by atomic mass is 32.2. The molecule has 0 saturated carbocycles. The topological polar surface area (TPSA) is 124 Å². The number of nitrogen functional groups attached to an aromatic ring is 1. The van der Waals surface area contributed by atoms with E-state index in [0.29, 0.717) is 6.42 Å². The van der Waals surface area contributed by atoms with E-state index < -0.39 is 26.7 Å². The lowest BCUT2D eigenvalue weighted by molar-refractivity contribution is -0.384. The Balaban J connectivity index is 2.27. The Morgan fingerprint density at radius 3 is 2.67 bits per heavy atom. The fourth-order valence-corrected chi connectivity index (χ4v) is 4.05. The van der Waals surface area contributed by atoms with E-state index in [4.69, 9.17) is 5.73 Å². The summed E-state index contributed by atoms with van der Waals surface area (Å²) >= 11 is 0. The second-order valence-corrected chi connectivity index (χ2v) is 7.23. The fourth-order valence-electron chi connectivity index (χ4n) is 2.28.